The van der Waals surface area contributed by atoms with Gasteiger partial charge in [0.25, 0.3) is 5.91 Å². The molecule has 4 nitrogen and oxygen atoms in total. The molecule has 1 aliphatic rings. The molecule has 1 fully saturated rings. The summed E-state index contributed by atoms with van der Waals surface area (Å²) in [6.45, 7) is -0.302. The van der Waals surface area contributed by atoms with Gasteiger partial charge in [0.05, 0.1) is 10.6 Å². The highest BCUT2D eigenvalue weighted by Gasteiger charge is 2.30. The van der Waals surface area contributed by atoms with Crippen LogP contribution in [0, 0.1) is 3.57 Å². The second-order valence-corrected chi connectivity index (χ2v) is 6.94. The van der Waals surface area contributed by atoms with Crippen molar-refractivity contribution in [3.8, 4) is 0 Å². The van der Waals surface area contributed by atoms with Crippen LogP contribution in [0.1, 0.15) is 36.0 Å². The molecule has 21 heavy (non-hydrogen) atoms. The molecule has 1 N–H and O–H groups in total. The SMILES string of the molecule is O=C(O)CN(C(=O)c1cc(Cl)cc(Cl)c1I)C1CCCC1. The van der Waals surface area contributed by atoms with E-state index in [0.717, 1.165) is 25.7 Å². The smallest absolute Gasteiger partial charge is 0.323 e. The van der Waals surface area contributed by atoms with Gasteiger partial charge in [-0.3, -0.25) is 9.59 Å². The van der Waals surface area contributed by atoms with E-state index in [1.165, 1.54) is 4.90 Å². The summed E-state index contributed by atoms with van der Waals surface area (Å²) in [7, 11) is 0. The summed E-state index contributed by atoms with van der Waals surface area (Å²) in [6.07, 6.45) is 3.71. The number of amides is 1. The van der Waals surface area contributed by atoms with Crippen LogP contribution in [-0.2, 0) is 4.79 Å². The van der Waals surface area contributed by atoms with Crippen LogP contribution in [0.25, 0.3) is 0 Å². The third kappa shape index (κ3) is 4.02. The van der Waals surface area contributed by atoms with Crippen molar-refractivity contribution in [3.63, 3.8) is 0 Å². The number of halogens is 3. The van der Waals surface area contributed by atoms with Crippen LogP contribution < -0.4 is 0 Å². The van der Waals surface area contributed by atoms with Crippen LogP contribution in [-0.4, -0.2) is 34.5 Å². The lowest BCUT2D eigenvalue weighted by atomic mass is 10.1. The largest absolute Gasteiger partial charge is 0.480 e. The van der Waals surface area contributed by atoms with E-state index < -0.39 is 5.97 Å². The van der Waals surface area contributed by atoms with Gasteiger partial charge in [-0.1, -0.05) is 36.0 Å². The Morgan fingerprint density at radius 2 is 1.90 bits per heavy atom. The van der Waals surface area contributed by atoms with Crippen molar-refractivity contribution in [3.05, 3.63) is 31.3 Å². The first-order valence-corrected chi connectivity index (χ1v) is 8.41. The van der Waals surface area contributed by atoms with E-state index in [4.69, 9.17) is 28.3 Å². The molecule has 1 aromatic rings. The Kier molecular flexibility index (Phi) is 5.73. The van der Waals surface area contributed by atoms with E-state index in [0.29, 0.717) is 19.2 Å². The number of hydrogen-bond acceptors (Lipinski definition) is 2. The molecule has 7 heteroatoms. The van der Waals surface area contributed by atoms with Crippen molar-refractivity contribution >= 4 is 57.7 Å². The monoisotopic (exact) mass is 441 g/mol. The molecular formula is C14H14Cl2INO3. The number of carboxylic acids is 1. The third-order valence-corrected chi connectivity index (χ3v) is 5.55. The van der Waals surface area contributed by atoms with Crippen LogP contribution in [0.3, 0.4) is 0 Å². The van der Waals surface area contributed by atoms with Gasteiger partial charge in [0.2, 0.25) is 0 Å². The number of carbonyl (C=O) groups excluding carboxylic acids is 1. The standard InChI is InChI=1S/C14H14Cl2INO3/c15-8-5-10(13(17)11(16)6-8)14(21)18(7-12(19)20)9-3-1-2-4-9/h5-6,9H,1-4,7H2,(H,19,20). The fraction of sp³-hybridized carbons (Fsp3) is 0.429. The van der Waals surface area contributed by atoms with Gasteiger partial charge in [0.15, 0.2) is 0 Å². The first-order chi connectivity index (χ1) is 9.90. The molecule has 0 unspecified atom stereocenters. The Bertz CT molecular complexity index is 574. The second kappa shape index (κ2) is 7.15. The first kappa shape index (κ1) is 16.8. The summed E-state index contributed by atoms with van der Waals surface area (Å²) in [5.41, 5.74) is 0.362. The molecule has 0 heterocycles. The number of hydrogen-bond donors (Lipinski definition) is 1. The van der Waals surface area contributed by atoms with Gasteiger partial charge in [-0.15, -0.1) is 0 Å². The molecule has 0 atom stereocenters. The van der Waals surface area contributed by atoms with Crippen molar-refractivity contribution in [2.75, 3.05) is 6.54 Å². The van der Waals surface area contributed by atoms with Crippen LogP contribution in [0.15, 0.2) is 12.1 Å². The molecular weight excluding hydrogens is 428 g/mol. The fourth-order valence-corrected chi connectivity index (χ4v) is 3.63. The van der Waals surface area contributed by atoms with E-state index in [-0.39, 0.29) is 18.5 Å². The van der Waals surface area contributed by atoms with Gasteiger partial charge in [0, 0.05) is 14.6 Å². The lowest BCUT2D eigenvalue weighted by Gasteiger charge is -2.28. The molecule has 0 aromatic heterocycles. The molecule has 0 saturated heterocycles. The molecule has 1 saturated carbocycles. The Morgan fingerprint density at radius 3 is 2.48 bits per heavy atom. The first-order valence-electron chi connectivity index (χ1n) is 6.57. The van der Waals surface area contributed by atoms with Crippen LogP contribution in [0.5, 0.6) is 0 Å². The van der Waals surface area contributed by atoms with Crippen molar-refractivity contribution in [1.29, 1.82) is 0 Å². The number of nitrogens with zero attached hydrogens (tertiary/aromatic N) is 1. The maximum Gasteiger partial charge on any atom is 0.323 e. The topological polar surface area (TPSA) is 57.6 Å². The van der Waals surface area contributed by atoms with Gasteiger partial charge >= 0.3 is 5.97 Å². The van der Waals surface area contributed by atoms with Crippen LogP contribution in [0.2, 0.25) is 10.0 Å². The minimum absolute atomic E-state index is 0.0258. The second-order valence-electron chi connectivity index (χ2n) is 5.01. The normalized spacial score (nSPS) is 15.2. The average molecular weight is 442 g/mol. The zero-order valence-electron chi connectivity index (χ0n) is 11.1. The van der Waals surface area contributed by atoms with Gasteiger partial charge in [-0.2, -0.15) is 0 Å². The van der Waals surface area contributed by atoms with E-state index in [1.807, 2.05) is 22.6 Å². The summed E-state index contributed by atoms with van der Waals surface area (Å²) in [6, 6.07) is 3.09. The molecule has 114 valence electrons. The van der Waals surface area contributed by atoms with Crippen LogP contribution >= 0.6 is 45.8 Å². The molecule has 0 radical (unpaired) electrons. The predicted octanol–water partition coefficient (Wildman–Crippen LogP) is 4.07. The highest BCUT2D eigenvalue weighted by atomic mass is 127. The summed E-state index contributed by atoms with van der Waals surface area (Å²) in [5.74, 6) is -1.34. The van der Waals surface area contributed by atoms with Crippen molar-refractivity contribution in [2.24, 2.45) is 0 Å². The zero-order valence-corrected chi connectivity index (χ0v) is 14.8. The zero-order chi connectivity index (χ0) is 15.6. The molecule has 0 bridgehead atoms. The van der Waals surface area contributed by atoms with Gasteiger partial charge in [0.1, 0.15) is 6.54 Å². The highest BCUT2D eigenvalue weighted by molar-refractivity contribution is 14.1. The minimum atomic E-state index is -1.02. The highest BCUT2D eigenvalue weighted by Crippen LogP contribution is 2.30. The summed E-state index contributed by atoms with van der Waals surface area (Å²) in [4.78, 5) is 25.2. The Morgan fingerprint density at radius 1 is 1.29 bits per heavy atom. The van der Waals surface area contributed by atoms with Crippen LogP contribution in [0.4, 0.5) is 0 Å². The summed E-state index contributed by atoms with van der Waals surface area (Å²) in [5, 5.41) is 9.83. The summed E-state index contributed by atoms with van der Waals surface area (Å²) < 4.78 is 0.594. The maximum atomic E-state index is 12.7. The number of benzene rings is 1. The molecule has 1 aromatic carbocycles. The quantitative estimate of drug-likeness (QED) is 0.566. The fourth-order valence-electron chi connectivity index (χ4n) is 2.59. The van der Waals surface area contributed by atoms with Gasteiger partial charge < -0.3 is 10.0 Å². The van der Waals surface area contributed by atoms with Crippen molar-refractivity contribution < 1.29 is 14.7 Å². The average Bonchev–Trinajstić information content (AvgIpc) is 2.93. The molecule has 0 spiro atoms. The Labute approximate surface area is 146 Å². The molecule has 1 amide bonds. The Hall–Kier alpha value is -0.530. The summed E-state index contributed by atoms with van der Waals surface area (Å²) >= 11 is 14.0. The lowest BCUT2D eigenvalue weighted by molar-refractivity contribution is -0.138. The predicted molar refractivity (Wildman–Crippen MR) is 90.1 cm³/mol. The molecule has 0 aliphatic heterocycles. The molecule has 2 rings (SSSR count). The Balaban J connectivity index is 2.35. The van der Waals surface area contributed by atoms with Crippen molar-refractivity contribution in [2.45, 2.75) is 31.7 Å². The van der Waals surface area contributed by atoms with E-state index in [9.17, 15) is 9.59 Å². The van der Waals surface area contributed by atoms with E-state index in [2.05, 4.69) is 0 Å². The van der Waals surface area contributed by atoms with Gasteiger partial charge in [-0.25, -0.2) is 0 Å². The van der Waals surface area contributed by atoms with Gasteiger partial charge in [-0.05, 0) is 47.6 Å². The number of carboxylic acid groups (broad SMARTS) is 1. The third-order valence-electron chi connectivity index (χ3n) is 3.56. The van der Waals surface area contributed by atoms with E-state index >= 15 is 0 Å². The maximum absolute atomic E-state index is 12.7. The number of aliphatic carboxylic acids is 1. The number of carbonyl (C=O) groups is 2. The molecule has 1 aliphatic carbocycles. The minimum Gasteiger partial charge on any atom is -0.480 e. The van der Waals surface area contributed by atoms with E-state index in [1.54, 1.807) is 12.1 Å². The lowest BCUT2D eigenvalue weighted by Crippen LogP contribution is -2.42. The number of rotatable bonds is 4. The van der Waals surface area contributed by atoms with Crippen molar-refractivity contribution in [1.82, 2.24) is 4.90 Å².